The maximum absolute atomic E-state index is 7.07. The average Bonchev–Trinajstić information content (AvgIpc) is 3.91. The largest absolute Gasteiger partial charge is 0.456 e. The highest BCUT2D eigenvalue weighted by Gasteiger charge is 2.26. The SMILES string of the molecule is c1ccc(-c2oc3c(ccc4oc5ccccc5c43)c2-c2c3ccccc3c(-c3ccc4c(ccc5oc6ccccc6c54)c3)c3ccccc23)cc1. The van der Waals surface area contributed by atoms with Crippen molar-refractivity contribution in [1.82, 2.24) is 0 Å². The van der Waals surface area contributed by atoms with E-state index in [1.807, 2.05) is 24.3 Å². The van der Waals surface area contributed by atoms with Crippen molar-refractivity contribution in [2.24, 2.45) is 0 Å². The smallest absolute Gasteiger partial charge is 0.147 e. The first-order valence-corrected chi connectivity index (χ1v) is 18.0. The Morgan fingerprint density at radius 1 is 0.283 bits per heavy atom. The lowest BCUT2D eigenvalue weighted by atomic mass is 9.84. The van der Waals surface area contributed by atoms with Crippen molar-refractivity contribution in [3.63, 3.8) is 0 Å². The zero-order chi connectivity index (χ0) is 34.6. The molecule has 3 aromatic heterocycles. The molecule has 3 heteroatoms. The van der Waals surface area contributed by atoms with Gasteiger partial charge in [0.25, 0.3) is 0 Å². The number of hydrogen-bond donors (Lipinski definition) is 0. The molecule has 0 unspecified atom stereocenters. The van der Waals surface area contributed by atoms with E-state index in [-0.39, 0.29) is 0 Å². The molecule has 0 bridgehead atoms. The van der Waals surface area contributed by atoms with E-state index in [1.54, 1.807) is 0 Å². The zero-order valence-corrected chi connectivity index (χ0v) is 28.4. The molecule has 9 aromatic carbocycles. The number of para-hydroxylation sites is 2. The van der Waals surface area contributed by atoms with Crippen LogP contribution in [0.5, 0.6) is 0 Å². The summed E-state index contributed by atoms with van der Waals surface area (Å²) in [7, 11) is 0. The average molecular weight is 677 g/mol. The summed E-state index contributed by atoms with van der Waals surface area (Å²) in [5, 5.41) is 12.5. The highest BCUT2D eigenvalue weighted by molar-refractivity contribution is 6.28. The van der Waals surface area contributed by atoms with Gasteiger partial charge in [-0.15, -0.1) is 0 Å². The first-order valence-electron chi connectivity index (χ1n) is 18.0. The molecular weight excluding hydrogens is 649 g/mol. The van der Waals surface area contributed by atoms with E-state index in [0.717, 1.165) is 77.3 Å². The molecule has 0 saturated heterocycles. The summed E-state index contributed by atoms with van der Waals surface area (Å²) in [6.07, 6.45) is 0. The molecule has 0 aliphatic carbocycles. The third-order valence-electron chi connectivity index (χ3n) is 11.1. The van der Waals surface area contributed by atoms with Gasteiger partial charge in [0.05, 0.1) is 5.39 Å². The summed E-state index contributed by atoms with van der Waals surface area (Å²) in [5.74, 6) is 0.850. The van der Waals surface area contributed by atoms with Gasteiger partial charge in [-0.25, -0.2) is 0 Å². The molecule has 0 aliphatic heterocycles. The minimum Gasteiger partial charge on any atom is -0.456 e. The van der Waals surface area contributed by atoms with E-state index in [9.17, 15) is 0 Å². The molecular formula is C50H28O3. The van der Waals surface area contributed by atoms with Gasteiger partial charge in [-0.2, -0.15) is 0 Å². The van der Waals surface area contributed by atoms with E-state index >= 15 is 0 Å². The van der Waals surface area contributed by atoms with Crippen LogP contribution in [0, 0.1) is 0 Å². The van der Waals surface area contributed by atoms with Crippen LogP contribution in [-0.4, -0.2) is 0 Å². The topological polar surface area (TPSA) is 39.4 Å². The lowest BCUT2D eigenvalue weighted by Crippen LogP contribution is -1.92. The number of hydrogen-bond acceptors (Lipinski definition) is 3. The number of benzene rings is 9. The second-order valence-electron chi connectivity index (χ2n) is 13.9. The Morgan fingerprint density at radius 3 is 1.49 bits per heavy atom. The van der Waals surface area contributed by atoms with Crippen LogP contribution in [0.25, 0.3) is 121 Å². The summed E-state index contributed by atoms with van der Waals surface area (Å²) in [5.41, 5.74) is 10.0. The molecule has 53 heavy (non-hydrogen) atoms. The molecule has 0 amide bonds. The number of rotatable bonds is 3. The van der Waals surface area contributed by atoms with E-state index < -0.39 is 0 Å². The fraction of sp³-hybridized carbons (Fsp3) is 0. The van der Waals surface area contributed by atoms with Gasteiger partial charge in [-0.3, -0.25) is 0 Å². The van der Waals surface area contributed by atoms with Crippen molar-refractivity contribution >= 4 is 87.2 Å². The summed E-state index contributed by atoms with van der Waals surface area (Å²) < 4.78 is 19.6. The standard InChI is InChI=1S/C50H28O3/c1-2-12-29(13-3-1)49-48(39-25-27-43-47(50(39)53-49)38-19-9-11-21-41(38)52-43)46-35-16-6-4-14-33(35)44(34-15-5-7-17-36(34)46)31-22-24-32-30(28-31)23-26-42-45(32)37-18-8-10-20-40(37)51-42/h1-28H. The fourth-order valence-corrected chi connectivity index (χ4v) is 8.82. The van der Waals surface area contributed by atoms with Crippen molar-refractivity contribution in [3.8, 4) is 33.6 Å². The summed E-state index contributed by atoms with van der Waals surface area (Å²) in [6.45, 7) is 0. The number of furan rings is 3. The molecule has 0 radical (unpaired) electrons. The van der Waals surface area contributed by atoms with Gasteiger partial charge in [0.2, 0.25) is 0 Å². The van der Waals surface area contributed by atoms with Gasteiger partial charge in [-0.1, -0.05) is 133 Å². The maximum atomic E-state index is 7.07. The molecule has 0 fully saturated rings. The van der Waals surface area contributed by atoms with Crippen LogP contribution in [0.4, 0.5) is 0 Å². The van der Waals surface area contributed by atoms with E-state index in [4.69, 9.17) is 13.3 Å². The summed E-state index contributed by atoms with van der Waals surface area (Å²) in [4.78, 5) is 0. The fourth-order valence-electron chi connectivity index (χ4n) is 8.82. The van der Waals surface area contributed by atoms with Crippen LogP contribution < -0.4 is 0 Å². The van der Waals surface area contributed by atoms with Gasteiger partial charge >= 0.3 is 0 Å². The molecule has 0 aliphatic rings. The molecule has 0 saturated carbocycles. The number of fused-ring (bicyclic) bond motifs is 12. The Balaban J connectivity index is 1.19. The molecule has 12 aromatic rings. The Kier molecular flexibility index (Phi) is 5.77. The first kappa shape index (κ1) is 28.6. The third kappa shape index (κ3) is 3.99. The Hall–Kier alpha value is -7.10. The van der Waals surface area contributed by atoms with Crippen LogP contribution in [0.1, 0.15) is 0 Å². The lowest BCUT2D eigenvalue weighted by Gasteiger charge is -2.18. The van der Waals surface area contributed by atoms with Gasteiger partial charge < -0.3 is 13.3 Å². The second kappa shape index (κ2) is 10.7. The first-order chi connectivity index (χ1) is 26.3. The Morgan fingerprint density at radius 2 is 0.811 bits per heavy atom. The maximum Gasteiger partial charge on any atom is 0.147 e. The monoisotopic (exact) mass is 676 g/mol. The van der Waals surface area contributed by atoms with Gasteiger partial charge in [-0.05, 0) is 79.8 Å². The van der Waals surface area contributed by atoms with E-state index in [2.05, 4.69) is 146 Å². The second-order valence-corrected chi connectivity index (χ2v) is 13.9. The van der Waals surface area contributed by atoms with Crippen LogP contribution >= 0.6 is 0 Å². The van der Waals surface area contributed by atoms with E-state index in [0.29, 0.717) is 0 Å². The predicted molar refractivity (Wildman–Crippen MR) is 220 cm³/mol. The van der Waals surface area contributed by atoms with Gasteiger partial charge in [0.1, 0.15) is 33.7 Å². The molecule has 0 spiro atoms. The zero-order valence-electron chi connectivity index (χ0n) is 28.4. The highest BCUT2D eigenvalue weighted by atomic mass is 16.3. The quantitative estimate of drug-likeness (QED) is 0.175. The van der Waals surface area contributed by atoms with Crippen molar-refractivity contribution in [2.45, 2.75) is 0 Å². The normalized spacial score (nSPS) is 12.2. The van der Waals surface area contributed by atoms with Crippen molar-refractivity contribution in [2.75, 3.05) is 0 Å². The van der Waals surface area contributed by atoms with Crippen LogP contribution in [0.3, 0.4) is 0 Å². The van der Waals surface area contributed by atoms with Crippen molar-refractivity contribution in [1.29, 1.82) is 0 Å². The van der Waals surface area contributed by atoms with Crippen LogP contribution in [0.2, 0.25) is 0 Å². The van der Waals surface area contributed by atoms with Crippen molar-refractivity contribution in [3.05, 3.63) is 170 Å². The molecule has 12 rings (SSSR count). The van der Waals surface area contributed by atoms with Crippen LogP contribution in [0.15, 0.2) is 183 Å². The lowest BCUT2D eigenvalue weighted by molar-refractivity contribution is 0.634. The molecule has 3 nitrogen and oxygen atoms in total. The van der Waals surface area contributed by atoms with Crippen molar-refractivity contribution < 1.29 is 13.3 Å². The van der Waals surface area contributed by atoms with Gasteiger partial charge in [0, 0.05) is 38.2 Å². The molecule has 3 heterocycles. The molecule has 0 N–H and O–H groups in total. The van der Waals surface area contributed by atoms with Crippen LogP contribution in [-0.2, 0) is 0 Å². The molecule has 246 valence electrons. The summed E-state index contributed by atoms with van der Waals surface area (Å²) >= 11 is 0. The minimum atomic E-state index is 0.820. The van der Waals surface area contributed by atoms with E-state index in [1.165, 1.54) is 43.4 Å². The minimum absolute atomic E-state index is 0.820. The Labute approximate surface area is 302 Å². The highest BCUT2D eigenvalue weighted by Crippen LogP contribution is 2.51. The third-order valence-corrected chi connectivity index (χ3v) is 11.1. The molecule has 0 atom stereocenters. The summed E-state index contributed by atoms with van der Waals surface area (Å²) in [6, 6.07) is 60.1. The predicted octanol–water partition coefficient (Wildman–Crippen LogP) is 14.7. The Bertz CT molecular complexity index is 3390. The van der Waals surface area contributed by atoms with Gasteiger partial charge in [0.15, 0.2) is 0 Å².